The monoisotopic (exact) mass is 838 g/mol. The minimum atomic E-state index is 1.08. The maximum absolute atomic E-state index is 2.49. The van der Waals surface area contributed by atoms with E-state index in [1.165, 1.54) is 92.8 Å². The lowest BCUT2D eigenvalue weighted by atomic mass is 9.92. The molecule has 0 fully saturated rings. The standard InChI is InChI=1S/C64H42N2/c1-2-14-43(15-3-1)49-31-37-62(60(41-49)52-27-26-44-16-4-6-18-47(44)38-52)66-61-25-13-12-24-58(61)59-36-35-55(42-63(59)66)65(54-34-28-45-17-5-7-19-48(45)40-54)53-32-29-46(30-33-53)64-56-22-10-8-20-50(56)39-51-21-9-11-23-57(51)64/h1-42H. The molecule has 2 nitrogen and oxygen atoms in total. The van der Waals surface area contributed by atoms with Crippen molar-refractivity contribution < 1.29 is 0 Å². The van der Waals surface area contributed by atoms with Gasteiger partial charge in [0.1, 0.15) is 0 Å². The quantitative estimate of drug-likeness (QED) is 0.145. The van der Waals surface area contributed by atoms with Gasteiger partial charge in [-0.15, -0.1) is 0 Å². The lowest BCUT2D eigenvalue weighted by Gasteiger charge is -2.26. The van der Waals surface area contributed by atoms with Gasteiger partial charge < -0.3 is 9.47 Å². The average molecular weight is 839 g/mol. The normalized spacial score (nSPS) is 11.6. The summed E-state index contributed by atoms with van der Waals surface area (Å²) in [6.45, 7) is 0. The molecule has 2 heteroatoms. The van der Waals surface area contributed by atoms with Gasteiger partial charge in [0, 0.05) is 33.4 Å². The fraction of sp³-hybridized carbons (Fsp3) is 0. The van der Waals surface area contributed by atoms with Crippen molar-refractivity contribution in [1.29, 1.82) is 0 Å². The van der Waals surface area contributed by atoms with Gasteiger partial charge in [0.15, 0.2) is 0 Å². The number of fused-ring (bicyclic) bond motifs is 7. The number of para-hydroxylation sites is 1. The number of benzene rings is 12. The summed E-state index contributed by atoms with van der Waals surface area (Å²) in [7, 11) is 0. The molecule has 0 aliphatic heterocycles. The Morgan fingerprint density at radius 2 is 0.773 bits per heavy atom. The highest BCUT2D eigenvalue weighted by Crippen LogP contribution is 2.44. The van der Waals surface area contributed by atoms with E-state index in [4.69, 9.17) is 0 Å². The molecule has 1 heterocycles. The first-order chi connectivity index (χ1) is 32.7. The molecule has 13 aromatic rings. The molecule has 0 saturated carbocycles. The van der Waals surface area contributed by atoms with Gasteiger partial charge in [-0.1, -0.05) is 188 Å². The Hall–Kier alpha value is -8.72. The van der Waals surface area contributed by atoms with E-state index in [0.717, 1.165) is 28.3 Å². The third kappa shape index (κ3) is 6.34. The largest absolute Gasteiger partial charge is 0.310 e. The highest BCUT2D eigenvalue weighted by atomic mass is 15.1. The van der Waals surface area contributed by atoms with E-state index >= 15 is 0 Å². The van der Waals surface area contributed by atoms with Crippen LogP contribution in [0.3, 0.4) is 0 Å². The molecule has 0 atom stereocenters. The second-order valence-electron chi connectivity index (χ2n) is 17.3. The third-order valence-electron chi connectivity index (χ3n) is 13.5. The van der Waals surface area contributed by atoms with Crippen LogP contribution in [-0.2, 0) is 0 Å². The molecule has 308 valence electrons. The zero-order valence-corrected chi connectivity index (χ0v) is 36.1. The van der Waals surface area contributed by atoms with E-state index < -0.39 is 0 Å². The van der Waals surface area contributed by atoms with Crippen molar-refractivity contribution in [3.63, 3.8) is 0 Å². The molecule has 0 saturated heterocycles. The van der Waals surface area contributed by atoms with Gasteiger partial charge in [-0.25, -0.2) is 0 Å². The molecule has 0 bridgehead atoms. The highest BCUT2D eigenvalue weighted by Gasteiger charge is 2.21. The molecule has 1 aromatic heterocycles. The van der Waals surface area contributed by atoms with Crippen molar-refractivity contribution in [2.24, 2.45) is 0 Å². The van der Waals surface area contributed by atoms with E-state index in [2.05, 4.69) is 264 Å². The van der Waals surface area contributed by atoms with Crippen LogP contribution in [0.4, 0.5) is 17.1 Å². The van der Waals surface area contributed by atoms with Crippen molar-refractivity contribution in [3.05, 3.63) is 255 Å². The van der Waals surface area contributed by atoms with Gasteiger partial charge in [0.25, 0.3) is 0 Å². The minimum Gasteiger partial charge on any atom is -0.310 e. The van der Waals surface area contributed by atoms with Gasteiger partial charge in [0.2, 0.25) is 0 Å². The Balaban J connectivity index is 1.03. The van der Waals surface area contributed by atoms with Gasteiger partial charge in [-0.2, -0.15) is 0 Å². The first kappa shape index (κ1) is 37.8. The summed E-state index contributed by atoms with van der Waals surface area (Å²) in [5, 5.41) is 12.3. The number of hydrogen-bond donors (Lipinski definition) is 0. The van der Waals surface area contributed by atoms with Crippen LogP contribution in [0.5, 0.6) is 0 Å². The Kier molecular flexibility index (Phi) is 8.89. The first-order valence-corrected chi connectivity index (χ1v) is 22.7. The summed E-state index contributed by atoms with van der Waals surface area (Å²) in [6.07, 6.45) is 0. The van der Waals surface area contributed by atoms with E-state index in [1.54, 1.807) is 0 Å². The second-order valence-corrected chi connectivity index (χ2v) is 17.3. The topological polar surface area (TPSA) is 8.17 Å². The number of aromatic nitrogens is 1. The van der Waals surface area contributed by atoms with Crippen molar-refractivity contribution >= 4 is 82.0 Å². The molecule has 0 N–H and O–H groups in total. The summed E-state index contributed by atoms with van der Waals surface area (Å²) in [6, 6.07) is 93.5. The summed E-state index contributed by atoms with van der Waals surface area (Å²) >= 11 is 0. The van der Waals surface area contributed by atoms with E-state index in [0.29, 0.717) is 0 Å². The van der Waals surface area contributed by atoms with Crippen molar-refractivity contribution in [1.82, 2.24) is 4.57 Å². The number of nitrogens with zero attached hydrogens (tertiary/aromatic N) is 2. The SMILES string of the molecule is c1ccc(-c2ccc(-n3c4ccccc4c4ccc(N(c5ccc(-c6c7ccccc7cc7ccccc67)cc5)c5ccc6ccccc6c5)cc43)c(-c3ccc4ccccc4c3)c2)cc1. The van der Waals surface area contributed by atoms with Crippen LogP contribution in [0.15, 0.2) is 255 Å². The third-order valence-corrected chi connectivity index (χ3v) is 13.5. The number of rotatable bonds is 7. The maximum Gasteiger partial charge on any atom is 0.0562 e. The van der Waals surface area contributed by atoms with Gasteiger partial charge in [-0.3, -0.25) is 0 Å². The van der Waals surface area contributed by atoms with Crippen LogP contribution in [0.1, 0.15) is 0 Å². The van der Waals surface area contributed by atoms with Crippen LogP contribution in [0.2, 0.25) is 0 Å². The van der Waals surface area contributed by atoms with Crippen molar-refractivity contribution in [2.45, 2.75) is 0 Å². The molecule has 0 unspecified atom stereocenters. The molecule has 12 aromatic carbocycles. The molecule has 0 radical (unpaired) electrons. The van der Waals surface area contributed by atoms with E-state index in [1.807, 2.05) is 0 Å². The first-order valence-electron chi connectivity index (χ1n) is 22.7. The fourth-order valence-corrected chi connectivity index (χ4v) is 10.4. The summed E-state index contributed by atoms with van der Waals surface area (Å²) < 4.78 is 2.49. The molecule has 0 spiro atoms. The lowest BCUT2D eigenvalue weighted by Crippen LogP contribution is -2.10. The predicted octanol–water partition coefficient (Wildman–Crippen LogP) is 17.9. The predicted molar refractivity (Wildman–Crippen MR) is 282 cm³/mol. The summed E-state index contributed by atoms with van der Waals surface area (Å²) in [4.78, 5) is 2.42. The minimum absolute atomic E-state index is 1.08. The smallest absolute Gasteiger partial charge is 0.0562 e. The van der Waals surface area contributed by atoms with E-state index in [9.17, 15) is 0 Å². The van der Waals surface area contributed by atoms with Gasteiger partial charge in [0.05, 0.1) is 16.7 Å². The Labute approximate surface area is 383 Å². The van der Waals surface area contributed by atoms with Crippen molar-refractivity contribution in [3.8, 4) is 39.1 Å². The number of anilines is 3. The molecular weight excluding hydrogens is 797 g/mol. The number of hydrogen-bond acceptors (Lipinski definition) is 1. The highest BCUT2D eigenvalue weighted by molar-refractivity contribution is 6.13. The molecule has 13 rings (SSSR count). The van der Waals surface area contributed by atoms with Gasteiger partial charge >= 0.3 is 0 Å². The van der Waals surface area contributed by atoms with Crippen LogP contribution < -0.4 is 4.90 Å². The van der Waals surface area contributed by atoms with Crippen molar-refractivity contribution in [2.75, 3.05) is 4.90 Å². The van der Waals surface area contributed by atoms with Gasteiger partial charge in [-0.05, 0) is 138 Å². The molecule has 0 amide bonds. The molecule has 66 heavy (non-hydrogen) atoms. The Bertz CT molecular complexity index is 3940. The Morgan fingerprint density at radius 1 is 0.258 bits per heavy atom. The maximum atomic E-state index is 2.49. The lowest BCUT2D eigenvalue weighted by molar-refractivity contribution is 1.18. The average Bonchev–Trinajstić information content (AvgIpc) is 3.71. The molecule has 0 aliphatic carbocycles. The van der Waals surface area contributed by atoms with Crippen LogP contribution in [0, 0.1) is 0 Å². The zero-order chi connectivity index (χ0) is 43.6. The zero-order valence-electron chi connectivity index (χ0n) is 36.1. The second kappa shape index (κ2) is 15.5. The Morgan fingerprint density at radius 3 is 1.50 bits per heavy atom. The molecular formula is C64H42N2. The fourth-order valence-electron chi connectivity index (χ4n) is 10.4. The van der Waals surface area contributed by atoms with Crippen LogP contribution >= 0.6 is 0 Å². The van der Waals surface area contributed by atoms with Crippen LogP contribution in [-0.4, -0.2) is 4.57 Å². The summed E-state index contributed by atoms with van der Waals surface area (Å²) in [5.74, 6) is 0. The van der Waals surface area contributed by atoms with Crippen LogP contribution in [0.25, 0.3) is 104 Å². The van der Waals surface area contributed by atoms with E-state index in [-0.39, 0.29) is 0 Å². The molecule has 0 aliphatic rings. The summed E-state index contributed by atoms with van der Waals surface area (Å²) in [5.41, 5.74) is 13.9.